The predicted molar refractivity (Wildman–Crippen MR) is 85.4 cm³/mol. The number of aryl methyl sites for hydroxylation is 1. The number of aromatic nitrogens is 2. The Morgan fingerprint density at radius 3 is 2.38 bits per heavy atom. The lowest BCUT2D eigenvalue weighted by Gasteiger charge is -2.15. The first-order valence-corrected chi connectivity index (χ1v) is 7.23. The molecule has 0 bridgehead atoms. The first-order valence-electron chi connectivity index (χ1n) is 7.23. The molecule has 3 rings (SSSR count). The van der Waals surface area contributed by atoms with Gasteiger partial charge in [0.15, 0.2) is 0 Å². The highest BCUT2D eigenvalue weighted by Gasteiger charge is 2.14. The van der Waals surface area contributed by atoms with Gasteiger partial charge in [-0.15, -0.1) is 0 Å². The molecule has 0 aliphatic carbocycles. The first kappa shape index (κ1) is 13.6. The van der Waals surface area contributed by atoms with Gasteiger partial charge in [-0.3, -0.25) is 0 Å². The third-order valence-corrected chi connectivity index (χ3v) is 3.74. The third-order valence-electron chi connectivity index (χ3n) is 3.74. The highest BCUT2D eigenvalue weighted by atomic mass is 15.3. The minimum Gasteiger partial charge on any atom is -0.319 e. The number of nitrogens with zero attached hydrogens (tertiary/aromatic N) is 2. The summed E-state index contributed by atoms with van der Waals surface area (Å²) >= 11 is 0. The van der Waals surface area contributed by atoms with Crippen LogP contribution in [0.1, 0.15) is 29.8 Å². The highest BCUT2D eigenvalue weighted by molar-refractivity contribution is 5.36. The molecule has 0 amide bonds. The zero-order valence-corrected chi connectivity index (χ0v) is 12.1. The lowest BCUT2D eigenvalue weighted by atomic mass is 10.0. The number of rotatable bonds is 4. The quantitative estimate of drug-likeness (QED) is 0.793. The molecular formula is C18H19N3. The van der Waals surface area contributed by atoms with E-state index >= 15 is 0 Å². The van der Waals surface area contributed by atoms with E-state index in [2.05, 4.69) is 36.3 Å². The molecule has 1 aromatic heterocycles. The Morgan fingerprint density at radius 2 is 1.71 bits per heavy atom. The number of para-hydroxylation sites is 1. The Morgan fingerprint density at radius 1 is 1.00 bits per heavy atom. The second-order valence-corrected chi connectivity index (χ2v) is 5.08. The number of hydrogen-bond donors (Lipinski definition) is 1. The number of hydrogen-bond acceptors (Lipinski definition) is 2. The first-order chi connectivity index (χ1) is 10.3. The number of nitrogens with two attached hydrogens (primary N) is 1. The van der Waals surface area contributed by atoms with Crippen LogP contribution in [-0.4, -0.2) is 9.78 Å². The molecule has 0 saturated carbocycles. The van der Waals surface area contributed by atoms with Gasteiger partial charge >= 0.3 is 0 Å². The van der Waals surface area contributed by atoms with Crippen molar-refractivity contribution in [2.45, 2.75) is 19.4 Å². The van der Waals surface area contributed by atoms with Crippen molar-refractivity contribution in [3.05, 3.63) is 83.7 Å². The van der Waals surface area contributed by atoms with Gasteiger partial charge in [0, 0.05) is 6.20 Å². The maximum atomic E-state index is 6.43. The molecule has 21 heavy (non-hydrogen) atoms. The van der Waals surface area contributed by atoms with Gasteiger partial charge in [0.25, 0.3) is 0 Å². The zero-order chi connectivity index (χ0) is 14.7. The van der Waals surface area contributed by atoms with E-state index in [0.29, 0.717) is 0 Å². The summed E-state index contributed by atoms with van der Waals surface area (Å²) in [7, 11) is 0. The largest absolute Gasteiger partial charge is 0.319 e. The molecule has 1 unspecified atom stereocenters. The Labute approximate surface area is 125 Å². The molecule has 0 radical (unpaired) electrons. The topological polar surface area (TPSA) is 43.8 Å². The van der Waals surface area contributed by atoms with Crippen LogP contribution in [0.2, 0.25) is 0 Å². The van der Waals surface area contributed by atoms with E-state index in [1.807, 2.05) is 41.1 Å². The molecule has 3 nitrogen and oxygen atoms in total. The van der Waals surface area contributed by atoms with Crippen molar-refractivity contribution < 1.29 is 0 Å². The third kappa shape index (κ3) is 2.73. The van der Waals surface area contributed by atoms with Crippen molar-refractivity contribution in [3.8, 4) is 5.69 Å². The van der Waals surface area contributed by atoms with Crippen molar-refractivity contribution in [2.75, 3.05) is 0 Å². The molecule has 2 N–H and O–H groups in total. The van der Waals surface area contributed by atoms with Crippen LogP contribution in [-0.2, 0) is 6.42 Å². The van der Waals surface area contributed by atoms with Crippen LogP contribution in [0, 0.1) is 0 Å². The highest BCUT2D eigenvalue weighted by Crippen LogP contribution is 2.22. The van der Waals surface area contributed by atoms with Gasteiger partial charge in [-0.1, -0.05) is 49.4 Å². The molecule has 0 aliphatic rings. The Balaban J connectivity index is 1.95. The molecular weight excluding hydrogens is 258 g/mol. The maximum absolute atomic E-state index is 6.43. The summed E-state index contributed by atoms with van der Waals surface area (Å²) < 4.78 is 1.90. The van der Waals surface area contributed by atoms with Crippen LogP contribution in [0.15, 0.2) is 66.9 Å². The molecule has 1 atom stereocenters. The van der Waals surface area contributed by atoms with Gasteiger partial charge in [0.2, 0.25) is 0 Å². The van der Waals surface area contributed by atoms with Crippen LogP contribution in [0.3, 0.4) is 0 Å². The summed E-state index contributed by atoms with van der Waals surface area (Å²) in [6, 6.07) is 20.3. The molecule has 0 spiro atoms. The second kappa shape index (κ2) is 5.94. The van der Waals surface area contributed by atoms with Crippen molar-refractivity contribution in [1.82, 2.24) is 9.78 Å². The SMILES string of the molecule is CCc1ccc(C(N)c2ccnn2-c2ccccc2)cc1. The standard InChI is InChI=1S/C18H19N3/c1-2-14-8-10-15(11-9-14)18(19)17-12-13-20-21(17)16-6-4-3-5-7-16/h3-13,18H,2,19H2,1H3. The van der Waals surface area contributed by atoms with E-state index in [0.717, 1.165) is 23.4 Å². The Bertz CT molecular complexity index is 699. The molecule has 0 aliphatic heterocycles. The maximum Gasteiger partial charge on any atom is 0.0727 e. The normalized spacial score (nSPS) is 12.3. The fraction of sp³-hybridized carbons (Fsp3) is 0.167. The molecule has 0 fully saturated rings. The van der Waals surface area contributed by atoms with Crippen LogP contribution in [0.5, 0.6) is 0 Å². The molecule has 3 heteroatoms. The monoisotopic (exact) mass is 277 g/mol. The Kier molecular flexibility index (Phi) is 3.84. The van der Waals surface area contributed by atoms with Gasteiger partial charge in [-0.2, -0.15) is 5.10 Å². The fourth-order valence-corrected chi connectivity index (χ4v) is 2.47. The summed E-state index contributed by atoms with van der Waals surface area (Å²) in [5.74, 6) is 0. The second-order valence-electron chi connectivity index (χ2n) is 5.08. The van der Waals surface area contributed by atoms with Gasteiger partial charge in [0.05, 0.1) is 17.4 Å². The van der Waals surface area contributed by atoms with Crippen molar-refractivity contribution >= 4 is 0 Å². The van der Waals surface area contributed by atoms with E-state index in [4.69, 9.17) is 5.73 Å². The van der Waals surface area contributed by atoms with Gasteiger partial charge in [-0.05, 0) is 35.7 Å². The zero-order valence-electron chi connectivity index (χ0n) is 12.1. The summed E-state index contributed by atoms with van der Waals surface area (Å²) in [6.45, 7) is 2.15. The van der Waals surface area contributed by atoms with Crippen molar-refractivity contribution in [3.63, 3.8) is 0 Å². The van der Waals surface area contributed by atoms with Crippen molar-refractivity contribution in [1.29, 1.82) is 0 Å². The van der Waals surface area contributed by atoms with Gasteiger partial charge < -0.3 is 5.73 Å². The minimum absolute atomic E-state index is 0.182. The van der Waals surface area contributed by atoms with Gasteiger partial charge in [0.1, 0.15) is 0 Å². The van der Waals surface area contributed by atoms with Crippen molar-refractivity contribution in [2.24, 2.45) is 5.73 Å². The lowest BCUT2D eigenvalue weighted by Crippen LogP contribution is -2.16. The van der Waals surface area contributed by atoms with E-state index in [1.165, 1.54) is 5.56 Å². The molecule has 0 saturated heterocycles. The minimum atomic E-state index is -0.182. The Hall–Kier alpha value is -2.39. The summed E-state index contributed by atoms with van der Waals surface area (Å²) in [5.41, 5.74) is 10.9. The smallest absolute Gasteiger partial charge is 0.0727 e. The van der Waals surface area contributed by atoms with E-state index < -0.39 is 0 Å². The van der Waals surface area contributed by atoms with Crippen LogP contribution >= 0.6 is 0 Å². The van der Waals surface area contributed by atoms with Gasteiger partial charge in [-0.25, -0.2) is 4.68 Å². The van der Waals surface area contributed by atoms with Crippen LogP contribution in [0.25, 0.3) is 5.69 Å². The number of benzene rings is 2. The molecule has 1 heterocycles. The molecule has 106 valence electrons. The summed E-state index contributed by atoms with van der Waals surface area (Å²) in [4.78, 5) is 0. The average Bonchev–Trinajstić information content (AvgIpc) is 3.04. The predicted octanol–water partition coefficient (Wildman–Crippen LogP) is 3.48. The summed E-state index contributed by atoms with van der Waals surface area (Å²) in [5, 5.41) is 4.40. The summed E-state index contributed by atoms with van der Waals surface area (Å²) in [6.07, 6.45) is 2.83. The lowest BCUT2D eigenvalue weighted by molar-refractivity contribution is 0.739. The van der Waals surface area contributed by atoms with E-state index in [9.17, 15) is 0 Å². The molecule has 3 aromatic rings. The van der Waals surface area contributed by atoms with E-state index in [1.54, 1.807) is 6.20 Å². The van der Waals surface area contributed by atoms with E-state index in [-0.39, 0.29) is 6.04 Å². The molecule has 2 aromatic carbocycles. The average molecular weight is 277 g/mol. The van der Waals surface area contributed by atoms with Crippen LogP contribution < -0.4 is 5.73 Å². The van der Waals surface area contributed by atoms with Crippen LogP contribution in [0.4, 0.5) is 0 Å². The fourth-order valence-electron chi connectivity index (χ4n) is 2.47.